The molecule has 0 aliphatic rings. The van der Waals surface area contributed by atoms with E-state index in [1.54, 1.807) is 0 Å². The van der Waals surface area contributed by atoms with Crippen LogP contribution in [0.5, 0.6) is 11.8 Å². The zero-order chi connectivity index (χ0) is 10.6. The quantitative estimate of drug-likeness (QED) is 0.484. The first-order chi connectivity index (χ1) is 6.70. The summed E-state index contributed by atoms with van der Waals surface area (Å²) in [5, 5.41) is 21.5. The van der Waals surface area contributed by atoms with Gasteiger partial charge in [0.25, 0.3) is 0 Å². The Hall–Kier alpha value is -1.91. The van der Waals surface area contributed by atoms with Gasteiger partial charge >= 0.3 is 0 Å². The highest BCUT2D eigenvalue weighted by Gasteiger charge is 2.10. The summed E-state index contributed by atoms with van der Waals surface area (Å²) in [6, 6.07) is 2.76. The van der Waals surface area contributed by atoms with Gasteiger partial charge in [0.1, 0.15) is 0 Å². The van der Waals surface area contributed by atoms with Crippen molar-refractivity contribution < 1.29 is 10.2 Å². The smallest absolute Gasteiger partial charge is 0.212 e. The molecule has 3 N–H and O–H groups in total. The predicted molar refractivity (Wildman–Crippen MR) is 54.5 cm³/mol. The normalized spacial score (nSPS) is 11.4. The number of aromatic hydroxyl groups is 2. The molecule has 1 aromatic rings. The molecule has 0 saturated heterocycles. The zero-order valence-electron chi connectivity index (χ0n) is 7.94. The molecule has 0 atom stereocenters. The fourth-order valence-electron chi connectivity index (χ4n) is 1.05. The highest BCUT2D eigenvalue weighted by atomic mass is 16.3. The molecular weight excluding hydrogens is 182 g/mol. The van der Waals surface area contributed by atoms with E-state index in [0.29, 0.717) is 12.5 Å². The lowest BCUT2D eigenvalue weighted by Crippen LogP contribution is -2.25. The summed E-state index contributed by atoms with van der Waals surface area (Å²) in [5.41, 5.74) is 0. The second-order valence-corrected chi connectivity index (χ2v) is 2.53. The van der Waals surface area contributed by atoms with Crippen LogP contribution in [0.1, 0.15) is 6.92 Å². The summed E-state index contributed by atoms with van der Waals surface area (Å²) in [6.45, 7) is 5.87. The van der Waals surface area contributed by atoms with Gasteiger partial charge in [-0.05, 0) is 13.1 Å². The maximum absolute atomic E-state index is 9.40. The minimum absolute atomic E-state index is 0.0796. The van der Waals surface area contributed by atoms with E-state index in [0.717, 1.165) is 0 Å². The summed E-state index contributed by atoms with van der Waals surface area (Å²) >= 11 is 0. The van der Waals surface area contributed by atoms with Crippen molar-refractivity contribution in [1.29, 1.82) is 0 Å². The molecule has 1 aromatic heterocycles. The summed E-state index contributed by atoms with van der Waals surface area (Å²) < 4.78 is 1.19. The Balaban J connectivity index is 3.10. The molecule has 0 radical (unpaired) electrons. The van der Waals surface area contributed by atoms with E-state index in [4.69, 9.17) is 0 Å². The molecule has 0 unspecified atom stereocenters. The molecule has 0 saturated carbocycles. The van der Waals surface area contributed by atoms with E-state index in [2.05, 4.69) is 16.9 Å². The van der Waals surface area contributed by atoms with Gasteiger partial charge in [0, 0.05) is 18.7 Å². The van der Waals surface area contributed by atoms with E-state index >= 15 is 0 Å². The van der Waals surface area contributed by atoms with Crippen LogP contribution in [0.25, 0.3) is 0 Å². The van der Waals surface area contributed by atoms with Gasteiger partial charge in [0.15, 0.2) is 0 Å². The van der Waals surface area contributed by atoms with Crippen LogP contribution < -0.4 is 5.32 Å². The molecule has 0 spiro atoms. The number of rotatable bonds is 2. The number of nitrogens with zero attached hydrogens (tertiary/aromatic N) is 2. The van der Waals surface area contributed by atoms with Crippen LogP contribution in [-0.2, 0) is 0 Å². The summed E-state index contributed by atoms with van der Waals surface area (Å²) in [6.07, 6.45) is 1.42. The first kappa shape index (κ1) is 10.2. The van der Waals surface area contributed by atoms with Crippen molar-refractivity contribution in [1.82, 2.24) is 9.88 Å². The maximum Gasteiger partial charge on any atom is 0.212 e. The third-order valence-electron chi connectivity index (χ3n) is 1.59. The monoisotopic (exact) mass is 195 g/mol. The van der Waals surface area contributed by atoms with Crippen molar-refractivity contribution in [3.63, 3.8) is 0 Å². The van der Waals surface area contributed by atoms with Crippen molar-refractivity contribution in [2.45, 2.75) is 6.92 Å². The van der Waals surface area contributed by atoms with Gasteiger partial charge in [0.2, 0.25) is 17.7 Å². The van der Waals surface area contributed by atoms with Gasteiger partial charge in [0.05, 0.1) is 0 Å². The molecule has 14 heavy (non-hydrogen) atoms. The lowest BCUT2D eigenvalue weighted by molar-refractivity contribution is 0.407. The SMILES string of the molecule is C=CNC(=NCC)n1c(O)ccc1O. The molecule has 0 aliphatic heterocycles. The lowest BCUT2D eigenvalue weighted by atomic mass is 10.6. The average Bonchev–Trinajstić information content (AvgIpc) is 2.46. The largest absolute Gasteiger partial charge is 0.494 e. The fourth-order valence-corrected chi connectivity index (χ4v) is 1.05. The van der Waals surface area contributed by atoms with Gasteiger partial charge in [-0.1, -0.05) is 6.58 Å². The lowest BCUT2D eigenvalue weighted by Gasteiger charge is -2.09. The molecule has 1 rings (SSSR count). The van der Waals surface area contributed by atoms with Crippen molar-refractivity contribution in [2.24, 2.45) is 4.99 Å². The second kappa shape index (κ2) is 4.36. The molecule has 76 valence electrons. The Morgan fingerprint density at radius 1 is 1.57 bits per heavy atom. The highest BCUT2D eigenvalue weighted by molar-refractivity contribution is 5.86. The third-order valence-corrected chi connectivity index (χ3v) is 1.59. The van der Waals surface area contributed by atoms with Crippen LogP contribution in [0.15, 0.2) is 29.9 Å². The van der Waals surface area contributed by atoms with E-state index in [-0.39, 0.29) is 11.8 Å². The van der Waals surface area contributed by atoms with Gasteiger partial charge in [-0.2, -0.15) is 0 Å². The van der Waals surface area contributed by atoms with Crippen LogP contribution in [-0.4, -0.2) is 27.3 Å². The molecule has 0 amide bonds. The van der Waals surface area contributed by atoms with Crippen molar-refractivity contribution in [3.05, 3.63) is 24.9 Å². The second-order valence-electron chi connectivity index (χ2n) is 2.53. The van der Waals surface area contributed by atoms with Crippen LogP contribution in [0.4, 0.5) is 0 Å². The van der Waals surface area contributed by atoms with Gasteiger partial charge < -0.3 is 15.5 Å². The average molecular weight is 195 g/mol. The van der Waals surface area contributed by atoms with Crippen LogP contribution in [0.2, 0.25) is 0 Å². The molecular formula is C9H13N3O2. The standard InChI is InChI=1S/C9H13N3O2/c1-3-10-9(11-4-2)12-7(13)5-6-8(12)14/h3,5-6,13-14H,1,4H2,2H3,(H,10,11). The molecule has 0 aliphatic carbocycles. The highest BCUT2D eigenvalue weighted by Crippen LogP contribution is 2.19. The Morgan fingerprint density at radius 2 is 2.14 bits per heavy atom. The predicted octanol–water partition coefficient (Wildman–Crippen LogP) is 0.856. The number of hydrogen-bond acceptors (Lipinski definition) is 3. The van der Waals surface area contributed by atoms with E-state index in [1.807, 2.05) is 6.92 Å². The molecule has 0 aromatic carbocycles. The summed E-state index contributed by atoms with van der Waals surface area (Å²) in [5.74, 6) is 0.176. The van der Waals surface area contributed by atoms with Crippen LogP contribution in [0.3, 0.4) is 0 Å². The van der Waals surface area contributed by atoms with Crippen molar-refractivity contribution >= 4 is 5.96 Å². The first-order valence-corrected chi connectivity index (χ1v) is 4.22. The van der Waals surface area contributed by atoms with Gasteiger partial charge in [-0.3, -0.25) is 4.99 Å². The summed E-state index contributed by atoms with van der Waals surface area (Å²) in [7, 11) is 0. The Labute approximate surface area is 82.0 Å². The Bertz CT molecular complexity index is 335. The number of hydrogen-bond donors (Lipinski definition) is 3. The topological polar surface area (TPSA) is 69.8 Å². The Kier molecular flexibility index (Phi) is 3.17. The molecule has 5 heteroatoms. The van der Waals surface area contributed by atoms with Crippen LogP contribution >= 0.6 is 0 Å². The maximum atomic E-state index is 9.40. The van der Waals surface area contributed by atoms with Gasteiger partial charge in [-0.25, -0.2) is 4.57 Å². The first-order valence-electron chi connectivity index (χ1n) is 4.22. The third kappa shape index (κ3) is 1.87. The Morgan fingerprint density at radius 3 is 2.57 bits per heavy atom. The van der Waals surface area contributed by atoms with Crippen LogP contribution in [0, 0.1) is 0 Å². The molecule has 1 heterocycles. The number of aliphatic imine (C=N–C) groups is 1. The fraction of sp³-hybridized carbons (Fsp3) is 0.222. The van der Waals surface area contributed by atoms with E-state index < -0.39 is 0 Å². The number of nitrogens with one attached hydrogen (secondary N) is 1. The van der Waals surface area contributed by atoms with E-state index in [9.17, 15) is 10.2 Å². The van der Waals surface area contributed by atoms with E-state index in [1.165, 1.54) is 22.9 Å². The van der Waals surface area contributed by atoms with Crippen molar-refractivity contribution in [2.75, 3.05) is 6.54 Å². The summed E-state index contributed by atoms with van der Waals surface area (Å²) in [4.78, 5) is 4.06. The molecule has 0 fully saturated rings. The number of aromatic nitrogens is 1. The van der Waals surface area contributed by atoms with Crippen molar-refractivity contribution in [3.8, 4) is 11.8 Å². The van der Waals surface area contributed by atoms with Gasteiger partial charge in [-0.15, -0.1) is 0 Å². The zero-order valence-corrected chi connectivity index (χ0v) is 7.94. The minimum Gasteiger partial charge on any atom is -0.494 e. The molecule has 5 nitrogen and oxygen atoms in total. The molecule has 0 bridgehead atoms. The minimum atomic E-state index is -0.0796.